The first kappa shape index (κ1) is 14.4. The highest BCUT2D eigenvalue weighted by Crippen LogP contribution is 2.32. The van der Waals surface area contributed by atoms with Crippen molar-refractivity contribution in [1.82, 2.24) is 0 Å². The maximum atomic E-state index is 6.14. The summed E-state index contributed by atoms with van der Waals surface area (Å²) in [6, 6.07) is 13.2. The van der Waals surface area contributed by atoms with Crippen molar-refractivity contribution < 1.29 is 4.74 Å². The topological polar surface area (TPSA) is 9.23 Å². The summed E-state index contributed by atoms with van der Waals surface area (Å²) in [4.78, 5) is 0. The molecule has 0 spiro atoms. The molecule has 2 rings (SSSR count). The van der Waals surface area contributed by atoms with E-state index in [9.17, 15) is 0 Å². The van der Waals surface area contributed by atoms with Crippen LogP contribution >= 0.6 is 39.1 Å². The summed E-state index contributed by atoms with van der Waals surface area (Å²) < 4.78 is 6.04. The van der Waals surface area contributed by atoms with E-state index in [1.54, 1.807) is 7.11 Å². The number of rotatable bonds is 3. The summed E-state index contributed by atoms with van der Waals surface area (Å²) in [7, 11) is 1.64. The van der Waals surface area contributed by atoms with E-state index >= 15 is 0 Å². The van der Waals surface area contributed by atoms with E-state index < -0.39 is 0 Å². The summed E-state index contributed by atoms with van der Waals surface area (Å²) >= 11 is 15.8. The van der Waals surface area contributed by atoms with Gasteiger partial charge < -0.3 is 4.74 Å². The van der Waals surface area contributed by atoms with E-state index in [2.05, 4.69) is 15.9 Å². The Morgan fingerprint density at radius 2 is 1.63 bits per heavy atom. The Balaban J connectivity index is 2.37. The highest BCUT2D eigenvalue weighted by Gasteiger charge is 2.05. The summed E-state index contributed by atoms with van der Waals surface area (Å²) in [5.74, 6) is 0.819. The second-order valence-electron chi connectivity index (χ2n) is 3.86. The molecule has 0 aromatic heterocycles. The van der Waals surface area contributed by atoms with Crippen LogP contribution in [-0.2, 0) is 0 Å². The lowest BCUT2D eigenvalue weighted by molar-refractivity contribution is 0.415. The molecule has 19 heavy (non-hydrogen) atoms. The first-order valence-corrected chi connectivity index (χ1v) is 7.12. The monoisotopic (exact) mass is 356 g/mol. The molecule has 0 saturated carbocycles. The maximum absolute atomic E-state index is 6.14. The molecule has 0 atom stereocenters. The van der Waals surface area contributed by atoms with Crippen molar-refractivity contribution in [3.63, 3.8) is 0 Å². The second kappa shape index (κ2) is 6.47. The molecule has 0 radical (unpaired) electrons. The van der Waals surface area contributed by atoms with Crippen LogP contribution in [0.5, 0.6) is 5.75 Å². The molecule has 0 aliphatic carbocycles. The highest BCUT2D eigenvalue weighted by molar-refractivity contribution is 9.15. The zero-order chi connectivity index (χ0) is 13.8. The van der Waals surface area contributed by atoms with Gasteiger partial charge in [0.05, 0.1) is 7.11 Å². The number of hydrogen-bond donors (Lipinski definition) is 0. The molecule has 2 aromatic rings. The van der Waals surface area contributed by atoms with Gasteiger partial charge in [0.15, 0.2) is 0 Å². The first-order chi connectivity index (χ1) is 9.11. The smallest absolute Gasteiger partial charge is 0.118 e. The van der Waals surface area contributed by atoms with Crippen LogP contribution in [0.1, 0.15) is 11.1 Å². The first-order valence-electron chi connectivity index (χ1n) is 5.57. The standard InChI is InChI=1S/C15H11BrCl2O/c1-19-11-7-5-10(6-8-11)13(16)9-12-14(17)3-2-4-15(12)18/h2-9H,1H3/b13-9-. The van der Waals surface area contributed by atoms with Crippen LogP contribution in [0.2, 0.25) is 10.0 Å². The molecular formula is C15H11BrCl2O. The van der Waals surface area contributed by atoms with Crippen LogP contribution in [0, 0.1) is 0 Å². The Morgan fingerprint density at radius 3 is 2.16 bits per heavy atom. The fourth-order valence-electron chi connectivity index (χ4n) is 1.61. The Bertz CT molecular complexity index is 586. The van der Waals surface area contributed by atoms with Crippen molar-refractivity contribution in [1.29, 1.82) is 0 Å². The lowest BCUT2D eigenvalue weighted by atomic mass is 10.1. The quantitative estimate of drug-likeness (QED) is 0.622. The van der Waals surface area contributed by atoms with Gasteiger partial charge in [-0.2, -0.15) is 0 Å². The predicted octanol–water partition coefficient (Wildman–Crippen LogP) is 5.90. The minimum Gasteiger partial charge on any atom is -0.497 e. The van der Waals surface area contributed by atoms with Gasteiger partial charge in [-0.25, -0.2) is 0 Å². The molecule has 0 unspecified atom stereocenters. The second-order valence-corrected chi connectivity index (χ2v) is 5.52. The van der Waals surface area contributed by atoms with Gasteiger partial charge in [0.25, 0.3) is 0 Å². The van der Waals surface area contributed by atoms with Gasteiger partial charge in [-0.15, -0.1) is 0 Å². The number of methoxy groups -OCH3 is 1. The van der Waals surface area contributed by atoms with Crippen LogP contribution in [-0.4, -0.2) is 7.11 Å². The van der Waals surface area contributed by atoms with Gasteiger partial charge >= 0.3 is 0 Å². The van der Waals surface area contributed by atoms with Crippen LogP contribution in [0.3, 0.4) is 0 Å². The lowest BCUT2D eigenvalue weighted by Gasteiger charge is -2.05. The molecule has 0 saturated heterocycles. The summed E-state index contributed by atoms with van der Waals surface area (Å²) in [5, 5.41) is 1.25. The van der Waals surface area contributed by atoms with E-state index in [0.29, 0.717) is 10.0 Å². The molecule has 0 N–H and O–H groups in total. The third-order valence-corrected chi connectivity index (χ3v) is 3.98. The largest absolute Gasteiger partial charge is 0.497 e. The van der Waals surface area contributed by atoms with Gasteiger partial charge in [-0.3, -0.25) is 0 Å². The lowest BCUT2D eigenvalue weighted by Crippen LogP contribution is -1.84. The zero-order valence-electron chi connectivity index (χ0n) is 10.2. The van der Waals surface area contributed by atoms with Gasteiger partial charge in [0, 0.05) is 20.1 Å². The fraction of sp³-hybridized carbons (Fsp3) is 0.0667. The summed E-state index contributed by atoms with van der Waals surface area (Å²) in [5.41, 5.74) is 1.82. The van der Waals surface area contributed by atoms with Gasteiger partial charge in [-0.05, 0) is 35.9 Å². The molecule has 1 nitrogen and oxygen atoms in total. The Kier molecular flexibility index (Phi) is 4.92. The van der Waals surface area contributed by atoms with Crippen LogP contribution < -0.4 is 4.74 Å². The molecule has 0 heterocycles. The van der Waals surface area contributed by atoms with E-state index in [1.807, 2.05) is 48.5 Å². The maximum Gasteiger partial charge on any atom is 0.118 e. The minimum absolute atomic E-state index is 0.623. The van der Waals surface area contributed by atoms with E-state index in [1.165, 1.54) is 0 Å². The van der Waals surface area contributed by atoms with Gasteiger partial charge in [0.2, 0.25) is 0 Å². The van der Waals surface area contributed by atoms with Crippen molar-refractivity contribution in [2.75, 3.05) is 7.11 Å². The number of ether oxygens (including phenoxy) is 1. The normalized spacial score (nSPS) is 11.5. The van der Waals surface area contributed by atoms with E-state index in [0.717, 1.165) is 21.4 Å². The Hall–Kier alpha value is -0.960. The van der Waals surface area contributed by atoms with Crippen molar-refractivity contribution in [3.8, 4) is 5.75 Å². The molecule has 0 bridgehead atoms. The number of benzene rings is 2. The predicted molar refractivity (Wildman–Crippen MR) is 86.3 cm³/mol. The Morgan fingerprint density at radius 1 is 1.05 bits per heavy atom. The molecule has 98 valence electrons. The molecule has 0 aliphatic rings. The van der Waals surface area contributed by atoms with Crippen LogP contribution in [0.15, 0.2) is 42.5 Å². The number of halogens is 3. The van der Waals surface area contributed by atoms with E-state index in [-0.39, 0.29) is 0 Å². The molecule has 0 amide bonds. The summed E-state index contributed by atoms with van der Waals surface area (Å²) in [6.07, 6.45) is 1.91. The van der Waals surface area contributed by atoms with Crippen LogP contribution in [0.4, 0.5) is 0 Å². The van der Waals surface area contributed by atoms with Crippen molar-refractivity contribution in [3.05, 3.63) is 63.6 Å². The average Bonchev–Trinajstić information content (AvgIpc) is 2.43. The van der Waals surface area contributed by atoms with Crippen molar-refractivity contribution in [2.24, 2.45) is 0 Å². The van der Waals surface area contributed by atoms with Crippen molar-refractivity contribution in [2.45, 2.75) is 0 Å². The third kappa shape index (κ3) is 3.53. The molecular weight excluding hydrogens is 347 g/mol. The fourth-order valence-corrected chi connectivity index (χ4v) is 2.61. The summed E-state index contributed by atoms with van der Waals surface area (Å²) in [6.45, 7) is 0. The third-order valence-electron chi connectivity index (χ3n) is 2.64. The highest BCUT2D eigenvalue weighted by atomic mass is 79.9. The van der Waals surface area contributed by atoms with Gasteiger partial charge in [0.1, 0.15) is 5.75 Å². The van der Waals surface area contributed by atoms with Gasteiger partial charge in [-0.1, -0.05) is 57.3 Å². The van der Waals surface area contributed by atoms with E-state index in [4.69, 9.17) is 27.9 Å². The molecule has 4 heteroatoms. The average molecular weight is 358 g/mol. The van der Waals surface area contributed by atoms with Crippen molar-refractivity contribution >= 4 is 49.7 Å². The SMILES string of the molecule is COc1ccc(/C(Br)=C/c2c(Cl)cccc2Cl)cc1. The minimum atomic E-state index is 0.623. The van der Waals surface area contributed by atoms with Crippen LogP contribution in [0.25, 0.3) is 10.6 Å². The Labute approximate surface area is 130 Å². The zero-order valence-corrected chi connectivity index (χ0v) is 13.3. The molecule has 0 fully saturated rings. The number of hydrogen-bond acceptors (Lipinski definition) is 1. The molecule has 2 aromatic carbocycles. The molecule has 0 aliphatic heterocycles.